The Labute approximate surface area is 143 Å². The van der Waals surface area contributed by atoms with Crippen LogP contribution in [0.2, 0.25) is 0 Å². The number of aryl methyl sites for hydroxylation is 1. The van der Waals surface area contributed by atoms with Gasteiger partial charge in [0, 0.05) is 50.8 Å². The number of pyridine rings is 1. The number of benzene rings is 1. The van der Waals surface area contributed by atoms with Crippen LogP contribution in [-0.2, 0) is 0 Å². The van der Waals surface area contributed by atoms with Gasteiger partial charge in [0.15, 0.2) is 0 Å². The maximum Gasteiger partial charge on any atom is 0.122 e. The summed E-state index contributed by atoms with van der Waals surface area (Å²) >= 11 is 0. The van der Waals surface area contributed by atoms with Crippen LogP contribution in [0.15, 0.2) is 48.8 Å². The van der Waals surface area contributed by atoms with Crippen LogP contribution >= 0.6 is 0 Å². The van der Waals surface area contributed by atoms with Crippen LogP contribution in [0.1, 0.15) is 5.56 Å². The molecule has 1 aliphatic rings. The van der Waals surface area contributed by atoms with Crippen molar-refractivity contribution in [2.45, 2.75) is 13.0 Å². The maximum atomic E-state index is 10.2. The molecule has 128 valence electrons. The number of aromatic nitrogens is 1. The van der Waals surface area contributed by atoms with Gasteiger partial charge in [0.1, 0.15) is 18.5 Å². The van der Waals surface area contributed by atoms with E-state index < -0.39 is 6.10 Å². The van der Waals surface area contributed by atoms with Crippen LogP contribution in [0.3, 0.4) is 0 Å². The Morgan fingerprint density at radius 2 is 1.79 bits per heavy atom. The molecule has 0 bridgehead atoms. The number of hydrogen-bond acceptors (Lipinski definition) is 5. The first-order chi connectivity index (χ1) is 11.7. The Balaban J connectivity index is 1.42. The van der Waals surface area contributed by atoms with Crippen molar-refractivity contribution in [3.8, 4) is 5.75 Å². The zero-order chi connectivity index (χ0) is 16.8. The molecule has 2 aromatic rings. The number of piperazine rings is 1. The minimum absolute atomic E-state index is 0.329. The Bertz CT molecular complexity index is 628. The molecule has 1 atom stereocenters. The molecular weight excluding hydrogens is 302 g/mol. The van der Waals surface area contributed by atoms with E-state index in [1.807, 2.05) is 55.7 Å². The number of β-amino-alcohol motifs (C(OH)–C–C–N with tert-alkyl or cyclic N) is 1. The Kier molecular flexibility index (Phi) is 5.67. The fourth-order valence-electron chi connectivity index (χ4n) is 3.00. The standard InChI is InChI=1S/C19H25N3O2/c1-16-4-2-3-5-19(16)24-15-18(23)14-21-10-12-22(13-11-21)17-6-8-20-9-7-17/h2-9,18,23H,10-15H2,1H3/t18-/m0/s1. The number of aliphatic hydroxyl groups excluding tert-OH is 1. The summed E-state index contributed by atoms with van der Waals surface area (Å²) in [7, 11) is 0. The minimum atomic E-state index is -0.475. The van der Waals surface area contributed by atoms with Gasteiger partial charge in [-0.2, -0.15) is 0 Å². The van der Waals surface area contributed by atoms with Crippen molar-refractivity contribution in [1.82, 2.24) is 9.88 Å². The molecule has 0 unspecified atom stereocenters. The molecular formula is C19H25N3O2. The minimum Gasteiger partial charge on any atom is -0.491 e. The lowest BCUT2D eigenvalue weighted by atomic mass is 10.2. The predicted molar refractivity (Wildman–Crippen MR) is 95.6 cm³/mol. The highest BCUT2D eigenvalue weighted by Gasteiger charge is 2.19. The lowest BCUT2D eigenvalue weighted by molar-refractivity contribution is 0.0661. The molecule has 1 aromatic heterocycles. The predicted octanol–water partition coefficient (Wildman–Crippen LogP) is 1.95. The zero-order valence-corrected chi connectivity index (χ0v) is 14.1. The van der Waals surface area contributed by atoms with Gasteiger partial charge in [-0.1, -0.05) is 18.2 Å². The lowest BCUT2D eigenvalue weighted by Crippen LogP contribution is -2.49. The molecule has 0 amide bonds. The molecule has 0 saturated carbocycles. The van der Waals surface area contributed by atoms with Gasteiger partial charge in [-0.05, 0) is 30.7 Å². The highest BCUT2D eigenvalue weighted by Crippen LogP contribution is 2.17. The van der Waals surface area contributed by atoms with E-state index >= 15 is 0 Å². The van der Waals surface area contributed by atoms with E-state index in [0.29, 0.717) is 13.2 Å². The van der Waals surface area contributed by atoms with Crippen molar-refractivity contribution in [2.24, 2.45) is 0 Å². The smallest absolute Gasteiger partial charge is 0.122 e. The second-order valence-electron chi connectivity index (χ2n) is 6.22. The van der Waals surface area contributed by atoms with E-state index in [1.165, 1.54) is 5.69 Å². The quantitative estimate of drug-likeness (QED) is 0.879. The average Bonchev–Trinajstić information content (AvgIpc) is 2.62. The number of ether oxygens (including phenoxy) is 1. The SMILES string of the molecule is Cc1ccccc1OC[C@@H](O)CN1CCN(c2ccncc2)CC1. The number of aliphatic hydroxyl groups is 1. The fraction of sp³-hybridized carbons (Fsp3) is 0.421. The number of para-hydroxylation sites is 1. The first-order valence-corrected chi connectivity index (χ1v) is 8.46. The van der Waals surface area contributed by atoms with Gasteiger partial charge in [0.25, 0.3) is 0 Å². The van der Waals surface area contributed by atoms with Gasteiger partial charge in [0.2, 0.25) is 0 Å². The summed E-state index contributed by atoms with van der Waals surface area (Å²) in [6, 6.07) is 12.0. The van der Waals surface area contributed by atoms with Crippen LogP contribution in [0.5, 0.6) is 5.75 Å². The summed E-state index contributed by atoms with van der Waals surface area (Å²) in [5.74, 6) is 0.846. The van der Waals surface area contributed by atoms with Crippen molar-refractivity contribution in [1.29, 1.82) is 0 Å². The first kappa shape index (κ1) is 16.7. The van der Waals surface area contributed by atoms with E-state index in [2.05, 4.69) is 14.8 Å². The monoisotopic (exact) mass is 327 g/mol. The van der Waals surface area contributed by atoms with Gasteiger partial charge < -0.3 is 14.7 Å². The molecule has 1 fully saturated rings. The van der Waals surface area contributed by atoms with Crippen LogP contribution in [-0.4, -0.2) is 60.4 Å². The summed E-state index contributed by atoms with van der Waals surface area (Å²) < 4.78 is 5.74. The molecule has 5 nitrogen and oxygen atoms in total. The highest BCUT2D eigenvalue weighted by molar-refractivity contribution is 5.44. The molecule has 0 aliphatic carbocycles. The number of nitrogens with zero attached hydrogens (tertiary/aromatic N) is 3. The molecule has 1 N–H and O–H groups in total. The maximum absolute atomic E-state index is 10.2. The van der Waals surface area contributed by atoms with E-state index in [-0.39, 0.29) is 0 Å². The molecule has 0 spiro atoms. The first-order valence-electron chi connectivity index (χ1n) is 8.46. The van der Waals surface area contributed by atoms with E-state index in [9.17, 15) is 5.11 Å². The molecule has 1 saturated heterocycles. The average molecular weight is 327 g/mol. The van der Waals surface area contributed by atoms with Crippen molar-refractivity contribution in [3.05, 3.63) is 54.4 Å². The summed E-state index contributed by atoms with van der Waals surface area (Å²) in [6.07, 6.45) is 3.18. The lowest BCUT2D eigenvalue weighted by Gasteiger charge is -2.36. The van der Waals surface area contributed by atoms with Crippen molar-refractivity contribution in [2.75, 3.05) is 44.2 Å². The van der Waals surface area contributed by atoms with Gasteiger partial charge in [-0.15, -0.1) is 0 Å². The van der Waals surface area contributed by atoms with Crippen molar-refractivity contribution < 1.29 is 9.84 Å². The van der Waals surface area contributed by atoms with Crippen molar-refractivity contribution >= 4 is 5.69 Å². The fourth-order valence-corrected chi connectivity index (χ4v) is 3.00. The second-order valence-corrected chi connectivity index (χ2v) is 6.22. The largest absolute Gasteiger partial charge is 0.491 e. The summed E-state index contributed by atoms with van der Waals surface area (Å²) in [5, 5.41) is 10.2. The number of hydrogen-bond donors (Lipinski definition) is 1. The van der Waals surface area contributed by atoms with Gasteiger partial charge in [0.05, 0.1) is 0 Å². The molecule has 1 aromatic carbocycles. The third-order valence-electron chi connectivity index (χ3n) is 4.39. The zero-order valence-electron chi connectivity index (χ0n) is 14.1. The van der Waals surface area contributed by atoms with E-state index in [1.54, 1.807) is 0 Å². The third-order valence-corrected chi connectivity index (χ3v) is 4.39. The van der Waals surface area contributed by atoms with E-state index in [0.717, 1.165) is 37.5 Å². The molecule has 0 radical (unpaired) electrons. The third kappa shape index (κ3) is 4.46. The summed E-state index contributed by atoms with van der Waals surface area (Å²) in [5.41, 5.74) is 2.31. The second kappa shape index (κ2) is 8.13. The summed E-state index contributed by atoms with van der Waals surface area (Å²) in [6.45, 7) is 6.82. The topological polar surface area (TPSA) is 48.8 Å². The van der Waals surface area contributed by atoms with Crippen LogP contribution in [0, 0.1) is 6.92 Å². The Morgan fingerprint density at radius 3 is 2.50 bits per heavy atom. The molecule has 3 rings (SSSR count). The number of anilines is 1. The van der Waals surface area contributed by atoms with Crippen LogP contribution in [0.4, 0.5) is 5.69 Å². The normalized spacial score (nSPS) is 16.8. The highest BCUT2D eigenvalue weighted by atomic mass is 16.5. The number of rotatable bonds is 6. The van der Waals surface area contributed by atoms with E-state index in [4.69, 9.17) is 4.74 Å². The van der Waals surface area contributed by atoms with Crippen LogP contribution in [0.25, 0.3) is 0 Å². The molecule has 2 heterocycles. The Hall–Kier alpha value is -2.11. The molecule has 5 heteroatoms. The van der Waals surface area contributed by atoms with Crippen molar-refractivity contribution in [3.63, 3.8) is 0 Å². The summed E-state index contributed by atoms with van der Waals surface area (Å²) in [4.78, 5) is 8.71. The van der Waals surface area contributed by atoms with Gasteiger partial charge >= 0.3 is 0 Å². The molecule has 24 heavy (non-hydrogen) atoms. The van der Waals surface area contributed by atoms with Gasteiger partial charge in [-0.25, -0.2) is 0 Å². The van der Waals surface area contributed by atoms with Gasteiger partial charge in [-0.3, -0.25) is 9.88 Å². The molecule has 1 aliphatic heterocycles. The van der Waals surface area contributed by atoms with Crippen LogP contribution < -0.4 is 9.64 Å². The Morgan fingerprint density at radius 1 is 1.08 bits per heavy atom.